The van der Waals surface area contributed by atoms with Gasteiger partial charge in [0.25, 0.3) is 5.91 Å². The molecular weight excluding hydrogens is 310 g/mol. The van der Waals surface area contributed by atoms with Crippen molar-refractivity contribution in [3.63, 3.8) is 0 Å². The van der Waals surface area contributed by atoms with Crippen LogP contribution in [-0.4, -0.2) is 45.5 Å². The van der Waals surface area contributed by atoms with Crippen LogP contribution in [0.15, 0.2) is 24.5 Å². The van der Waals surface area contributed by atoms with Crippen molar-refractivity contribution in [1.82, 2.24) is 20.5 Å². The SMILES string of the molecule is CN1NC=CN1COc1ccc(C(N)=O)c(C[C@](C)(O)C2CC2)n1. The number of carbonyl (C=O) groups excluding carboxylic acids is 1. The fourth-order valence-electron chi connectivity index (χ4n) is 2.77. The third kappa shape index (κ3) is 3.60. The zero-order valence-electron chi connectivity index (χ0n) is 13.9. The van der Waals surface area contributed by atoms with Crippen LogP contribution in [0.25, 0.3) is 0 Å². The number of hydrogen-bond acceptors (Lipinski definition) is 7. The minimum absolute atomic E-state index is 0.249. The van der Waals surface area contributed by atoms with E-state index in [4.69, 9.17) is 10.5 Å². The Hall–Kier alpha value is -2.32. The predicted molar refractivity (Wildman–Crippen MR) is 87.2 cm³/mol. The number of amides is 1. The van der Waals surface area contributed by atoms with Gasteiger partial charge >= 0.3 is 0 Å². The quantitative estimate of drug-likeness (QED) is 0.662. The van der Waals surface area contributed by atoms with Gasteiger partial charge in [0.15, 0.2) is 6.73 Å². The molecule has 1 aliphatic heterocycles. The molecule has 0 aromatic carbocycles. The van der Waals surface area contributed by atoms with Crippen molar-refractivity contribution in [1.29, 1.82) is 0 Å². The molecule has 1 aliphatic carbocycles. The topological polar surface area (TPSA) is 104 Å². The van der Waals surface area contributed by atoms with E-state index in [0.29, 0.717) is 17.1 Å². The third-order valence-corrected chi connectivity index (χ3v) is 4.43. The monoisotopic (exact) mass is 333 g/mol. The second-order valence-electron chi connectivity index (χ2n) is 6.50. The summed E-state index contributed by atoms with van der Waals surface area (Å²) in [4.78, 5) is 16.0. The molecule has 1 aromatic heterocycles. The molecule has 0 saturated heterocycles. The number of pyridine rings is 1. The van der Waals surface area contributed by atoms with E-state index in [1.54, 1.807) is 30.4 Å². The summed E-state index contributed by atoms with van der Waals surface area (Å²) >= 11 is 0. The summed E-state index contributed by atoms with van der Waals surface area (Å²) in [6.07, 6.45) is 5.88. The Morgan fingerprint density at radius 1 is 1.54 bits per heavy atom. The van der Waals surface area contributed by atoms with E-state index in [2.05, 4.69) is 10.4 Å². The van der Waals surface area contributed by atoms with E-state index in [0.717, 1.165) is 12.8 Å². The first-order valence-corrected chi connectivity index (χ1v) is 7.95. The molecule has 2 aliphatic rings. The van der Waals surface area contributed by atoms with E-state index in [9.17, 15) is 9.90 Å². The summed E-state index contributed by atoms with van der Waals surface area (Å²) in [5, 5.41) is 14.1. The standard InChI is InChI=1S/C16H23N5O3/c1-16(23,11-3-4-11)9-13-12(15(17)22)5-6-14(19-13)24-10-21-8-7-18-20(21)2/h5-8,11,18,23H,3-4,9-10H2,1-2H3,(H2,17,22)/t16-/m0/s1. The Kier molecular flexibility index (Phi) is 4.33. The van der Waals surface area contributed by atoms with Crippen molar-refractivity contribution in [3.05, 3.63) is 35.8 Å². The molecule has 1 fully saturated rings. The first-order valence-electron chi connectivity index (χ1n) is 7.95. The molecule has 4 N–H and O–H groups in total. The van der Waals surface area contributed by atoms with Gasteiger partial charge in [0.05, 0.1) is 16.9 Å². The minimum atomic E-state index is -0.891. The molecule has 0 radical (unpaired) electrons. The second kappa shape index (κ2) is 6.29. The lowest BCUT2D eigenvalue weighted by molar-refractivity contribution is -0.0206. The van der Waals surface area contributed by atoms with Crippen LogP contribution in [0.2, 0.25) is 0 Å². The summed E-state index contributed by atoms with van der Waals surface area (Å²) in [6.45, 7) is 2.04. The van der Waals surface area contributed by atoms with Gasteiger partial charge in [-0.15, -0.1) is 5.12 Å². The lowest BCUT2D eigenvalue weighted by Gasteiger charge is -2.25. The molecule has 0 unspecified atom stereocenters. The first kappa shape index (κ1) is 16.5. The number of hydrogen-bond donors (Lipinski definition) is 3. The Bertz CT molecular complexity index is 657. The summed E-state index contributed by atoms with van der Waals surface area (Å²) in [5.41, 5.74) is 8.31. The highest BCUT2D eigenvalue weighted by molar-refractivity contribution is 5.94. The molecule has 130 valence electrons. The Morgan fingerprint density at radius 3 is 2.88 bits per heavy atom. The fourth-order valence-corrected chi connectivity index (χ4v) is 2.77. The summed E-state index contributed by atoms with van der Waals surface area (Å²) in [7, 11) is 1.85. The van der Waals surface area contributed by atoms with Crippen molar-refractivity contribution in [3.8, 4) is 5.88 Å². The van der Waals surface area contributed by atoms with Crippen LogP contribution in [0.3, 0.4) is 0 Å². The molecule has 0 bridgehead atoms. The van der Waals surface area contributed by atoms with Crippen LogP contribution in [0.4, 0.5) is 0 Å². The van der Waals surface area contributed by atoms with Gasteiger partial charge in [-0.25, -0.2) is 4.98 Å². The van der Waals surface area contributed by atoms with Crippen molar-refractivity contribution in [2.75, 3.05) is 13.8 Å². The highest BCUT2D eigenvalue weighted by Crippen LogP contribution is 2.41. The maximum atomic E-state index is 11.6. The zero-order chi connectivity index (χ0) is 17.3. The van der Waals surface area contributed by atoms with Gasteiger partial charge in [-0.05, 0) is 31.7 Å². The molecule has 1 atom stereocenters. The zero-order valence-corrected chi connectivity index (χ0v) is 13.9. The normalized spacial score (nSPS) is 19.9. The highest BCUT2D eigenvalue weighted by Gasteiger charge is 2.40. The van der Waals surface area contributed by atoms with Crippen LogP contribution in [-0.2, 0) is 6.42 Å². The second-order valence-corrected chi connectivity index (χ2v) is 6.50. The van der Waals surface area contributed by atoms with Gasteiger partial charge in [0, 0.05) is 31.9 Å². The van der Waals surface area contributed by atoms with E-state index in [1.165, 1.54) is 0 Å². The van der Waals surface area contributed by atoms with Gasteiger partial charge in [-0.3, -0.25) is 9.80 Å². The smallest absolute Gasteiger partial charge is 0.250 e. The van der Waals surface area contributed by atoms with E-state index < -0.39 is 11.5 Å². The maximum absolute atomic E-state index is 11.6. The summed E-state index contributed by atoms with van der Waals surface area (Å²) < 4.78 is 5.67. The minimum Gasteiger partial charge on any atom is -0.455 e. The van der Waals surface area contributed by atoms with Crippen molar-refractivity contribution in [2.24, 2.45) is 11.7 Å². The van der Waals surface area contributed by atoms with E-state index in [1.807, 2.05) is 18.3 Å². The summed E-state index contributed by atoms with van der Waals surface area (Å²) in [6, 6.07) is 3.22. The first-order chi connectivity index (χ1) is 11.4. The van der Waals surface area contributed by atoms with Crippen LogP contribution in [0.5, 0.6) is 5.88 Å². The maximum Gasteiger partial charge on any atom is 0.250 e. The molecule has 3 rings (SSSR count). The molecule has 1 amide bonds. The molecule has 8 heteroatoms. The number of nitrogens with two attached hydrogens (primary N) is 1. The van der Waals surface area contributed by atoms with Crippen molar-refractivity contribution >= 4 is 5.91 Å². The van der Waals surface area contributed by atoms with E-state index >= 15 is 0 Å². The average Bonchev–Trinajstić information content (AvgIpc) is 3.29. The van der Waals surface area contributed by atoms with Crippen molar-refractivity contribution < 1.29 is 14.6 Å². The van der Waals surface area contributed by atoms with Crippen LogP contribution in [0, 0.1) is 5.92 Å². The number of nitrogens with one attached hydrogen (secondary N) is 1. The van der Waals surface area contributed by atoms with Gasteiger partial charge < -0.3 is 21.0 Å². The Balaban J connectivity index is 1.74. The molecule has 24 heavy (non-hydrogen) atoms. The van der Waals surface area contributed by atoms with Gasteiger partial charge in [-0.2, -0.15) is 0 Å². The number of aromatic nitrogens is 1. The Morgan fingerprint density at radius 2 is 2.29 bits per heavy atom. The van der Waals surface area contributed by atoms with Crippen LogP contribution < -0.4 is 15.9 Å². The number of ether oxygens (including phenoxy) is 1. The van der Waals surface area contributed by atoms with Crippen LogP contribution >= 0.6 is 0 Å². The van der Waals surface area contributed by atoms with Gasteiger partial charge in [-0.1, -0.05) is 0 Å². The third-order valence-electron chi connectivity index (χ3n) is 4.43. The number of primary amides is 1. The summed E-state index contributed by atoms with van der Waals surface area (Å²) in [5.74, 6) is 0.0800. The predicted octanol–water partition coefficient (Wildman–Crippen LogP) is 0.358. The fraction of sp³-hybridized carbons (Fsp3) is 0.500. The van der Waals surface area contributed by atoms with Crippen LogP contribution in [0.1, 0.15) is 35.8 Å². The molecular formula is C16H23N5O3. The molecule has 2 heterocycles. The average molecular weight is 333 g/mol. The molecule has 1 aromatic rings. The lowest BCUT2D eigenvalue weighted by atomic mass is 9.92. The molecule has 8 nitrogen and oxygen atoms in total. The van der Waals surface area contributed by atoms with Crippen molar-refractivity contribution in [2.45, 2.75) is 31.8 Å². The number of nitrogens with zero attached hydrogens (tertiary/aromatic N) is 3. The molecule has 0 spiro atoms. The molecule has 1 saturated carbocycles. The lowest BCUT2D eigenvalue weighted by Crippen LogP contribution is -2.40. The Labute approximate surface area is 140 Å². The number of hydrazine groups is 2. The number of aliphatic hydroxyl groups is 1. The highest BCUT2D eigenvalue weighted by atomic mass is 16.5. The van der Waals surface area contributed by atoms with Gasteiger partial charge in [0.2, 0.25) is 5.88 Å². The largest absolute Gasteiger partial charge is 0.455 e. The number of carbonyl (C=O) groups is 1. The van der Waals surface area contributed by atoms with E-state index in [-0.39, 0.29) is 19.1 Å². The van der Waals surface area contributed by atoms with Gasteiger partial charge in [0.1, 0.15) is 0 Å². The number of rotatable bonds is 7.